The molecule has 0 atom stereocenters. The first-order chi connectivity index (χ1) is 4.39. The molecule has 4 heteroatoms. The summed E-state index contributed by atoms with van der Waals surface area (Å²) < 4.78 is 0. The van der Waals surface area contributed by atoms with Crippen LogP contribution in [0.3, 0.4) is 0 Å². The molecule has 0 fully saturated rings. The zero-order valence-electron chi connectivity index (χ0n) is 5.94. The molecule has 0 saturated carbocycles. The van der Waals surface area contributed by atoms with Gasteiger partial charge < -0.3 is 11.8 Å². The van der Waals surface area contributed by atoms with Gasteiger partial charge in [0, 0.05) is 0 Å². The van der Waals surface area contributed by atoms with Gasteiger partial charge in [0.25, 0.3) is 0 Å². The fourth-order valence-corrected chi connectivity index (χ4v) is 0.493. The minimum absolute atomic E-state index is 0. The van der Waals surface area contributed by atoms with E-state index in [1.807, 2.05) is 0 Å². The van der Waals surface area contributed by atoms with Gasteiger partial charge in [-0.05, 0) is 0 Å². The molecule has 1 rings (SSSR count). The van der Waals surface area contributed by atoms with E-state index in [0.29, 0.717) is 0 Å². The average Bonchev–Trinajstić information content (AvgIpc) is 1.94. The van der Waals surface area contributed by atoms with Gasteiger partial charge in [0.15, 0.2) is 0 Å². The van der Waals surface area contributed by atoms with Crippen molar-refractivity contribution in [3.63, 3.8) is 0 Å². The molecular formula is C7H4ClCuLiN. The molecule has 56 valence electrons. The number of rotatable bonds is 0. The molecule has 0 aliphatic carbocycles. The Hall–Kier alpha value is 0.117. The first kappa shape index (κ1) is 17.3. The largest absolute Gasteiger partial charge is 1.00 e. The molecule has 0 heterocycles. The number of benzene rings is 1. The van der Waals surface area contributed by atoms with Crippen molar-refractivity contribution in [1.29, 1.82) is 5.26 Å². The van der Waals surface area contributed by atoms with Crippen LogP contribution < -0.4 is 18.9 Å². The van der Waals surface area contributed by atoms with Crippen molar-refractivity contribution in [2.45, 2.75) is 0 Å². The van der Waals surface area contributed by atoms with Crippen LogP contribution in [0.25, 0.3) is 0 Å². The minimum Gasteiger partial charge on any atom is -0.512 e. The maximum absolute atomic E-state index is 6.25. The minimum atomic E-state index is 0. The summed E-state index contributed by atoms with van der Waals surface area (Å²) in [5.74, 6) is 0. The zero-order chi connectivity index (χ0) is 7.11. The van der Waals surface area contributed by atoms with Crippen molar-refractivity contribution in [2.75, 3.05) is 0 Å². The first-order valence-corrected chi connectivity index (χ1v) is 2.61. The molecule has 0 saturated heterocycles. The Labute approximate surface area is 94.4 Å². The van der Waals surface area contributed by atoms with Crippen molar-refractivity contribution >= 4 is 11.6 Å². The quantitative estimate of drug-likeness (QED) is 0.406. The van der Waals surface area contributed by atoms with Crippen LogP contribution in [-0.2, 0) is 17.1 Å². The Morgan fingerprint density at radius 2 is 1.64 bits per heavy atom. The van der Waals surface area contributed by atoms with Crippen LogP contribution >= 0.6 is 11.6 Å². The van der Waals surface area contributed by atoms with E-state index in [2.05, 4.69) is 6.07 Å². The van der Waals surface area contributed by atoms with Crippen LogP contribution in [0.4, 0.5) is 0 Å². The second-order valence-corrected chi connectivity index (χ2v) is 1.65. The molecule has 0 aromatic heterocycles. The van der Waals surface area contributed by atoms with Crippen molar-refractivity contribution in [3.05, 3.63) is 41.9 Å². The normalized spacial score (nSPS) is 5.73. The number of halogens is 1. The Bertz CT molecular complexity index is 178. The van der Waals surface area contributed by atoms with Gasteiger partial charge >= 0.3 is 35.9 Å². The molecule has 0 bridgehead atoms. The topological polar surface area (TPSA) is 23.8 Å². The second kappa shape index (κ2) is 12.8. The van der Waals surface area contributed by atoms with E-state index < -0.39 is 0 Å². The van der Waals surface area contributed by atoms with Crippen molar-refractivity contribution < 1.29 is 35.9 Å². The second-order valence-electron chi connectivity index (χ2n) is 1.22. The maximum Gasteiger partial charge on any atom is 1.00 e. The van der Waals surface area contributed by atoms with Crippen molar-refractivity contribution in [3.8, 4) is 0 Å². The Balaban J connectivity index is -0.000000149. The first-order valence-electron chi connectivity index (χ1n) is 2.23. The van der Waals surface area contributed by atoms with Crippen molar-refractivity contribution in [1.82, 2.24) is 0 Å². The van der Waals surface area contributed by atoms with E-state index >= 15 is 0 Å². The average molecular weight is 208 g/mol. The summed E-state index contributed by atoms with van der Waals surface area (Å²) in [5, 5.41) is 7.01. The van der Waals surface area contributed by atoms with Crippen LogP contribution in [0, 0.1) is 17.9 Å². The Kier molecular flexibility index (Phi) is 20.0. The van der Waals surface area contributed by atoms with E-state index in [1.165, 1.54) is 0 Å². The molecule has 0 N–H and O–H groups in total. The summed E-state index contributed by atoms with van der Waals surface area (Å²) >= 11 is 5.52. The molecule has 0 amide bonds. The summed E-state index contributed by atoms with van der Waals surface area (Å²) in [7, 11) is 0. The molecule has 1 aromatic rings. The van der Waals surface area contributed by atoms with Gasteiger partial charge in [0.1, 0.15) is 0 Å². The maximum atomic E-state index is 6.25. The number of hydrogen-bond donors (Lipinski definition) is 0. The van der Waals surface area contributed by atoms with E-state index in [4.69, 9.17) is 23.4 Å². The molecule has 11 heavy (non-hydrogen) atoms. The summed E-state index contributed by atoms with van der Waals surface area (Å²) in [6, 6.07) is 10.00. The zero-order valence-corrected chi connectivity index (χ0v) is 7.63. The molecule has 1 aromatic carbocycles. The predicted molar refractivity (Wildman–Crippen MR) is 35.3 cm³/mol. The van der Waals surface area contributed by atoms with Gasteiger partial charge in [0.2, 0.25) is 0 Å². The van der Waals surface area contributed by atoms with Gasteiger partial charge in [-0.3, -0.25) is 0 Å². The summed E-state index contributed by atoms with van der Waals surface area (Å²) in [4.78, 5) is 0. The van der Waals surface area contributed by atoms with Gasteiger partial charge in [-0.25, -0.2) is 0 Å². The monoisotopic (exact) mass is 207 g/mol. The summed E-state index contributed by atoms with van der Waals surface area (Å²) in [5.41, 5.74) is 0. The smallest absolute Gasteiger partial charge is 0.512 e. The van der Waals surface area contributed by atoms with Crippen LogP contribution in [0.15, 0.2) is 24.3 Å². The predicted octanol–water partition coefficient (Wildman–Crippen LogP) is -0.762. The number of hydrogen-bond acceptors (Lipinski definition) is 1. The summed E-state index contributed by atoms with van der Waals surface area (Å²) in [6.07, 6.45) is 0. The van der Waals surface area contributed by atoms with Gasteiger partial charge in [-0.1, -0.05) is 5.02 Å². The summed E-state index contributed by atoms with van der Waals surface area (Å²) in [6.45, 7) is 4.75. The van der Waals surface area contributed by atoms with Gasteiger partial charge in [-0.15, -0.1) is 11.6 Å². The molecule has 0 radical (unpaired) electrons. The third-order valence-electron chi connectivity index (χ3n) is 0.678. The number of nitrogens with zero attached hydrogens (tertiary/aromatic N) is 1. The SMILES string of the molecule is Clc1cc[c-]cc1.[C-]#N.[Cu+].[Li+]. The van der Waals surface area contributed by atoms with Crippen LogP contribution in [-0.4, -0.2) is 0 Å². The van der Waals surface area contributed by atoms with E-state index in [-0.39, 0.29) is 35.9 Å². The van der Waals surface area contributed by atoms with Crippen LogP contribution in [0.5, 0.6) is 0 Å². The van der Waals surface area contributed by atoms with E-state index in [1.54, 1.807) is 24.3 Å². The van der Waals surface area contributed by atoms with Crippen LogP contribution in [0.1, 0.15) is 0 Å². The molecule has 0 aliphatic heterocycles. The molecular weight excluding hydrogens is 204 g/mol. The fourth-order valence-electron chi connectivity index (χ4n) is 0.367. The molecule has 0 aliphatic rings. The standard InChI is InChI=1S/C6H4Cl.CN.Cu.Li/c7-6-4-2-1-3-5-6;1-2;;/h2-5H;;;/q2*-1;2*+1. The molecule has 0 spiro atoms. The fraction of sp³-hybridized carbons (Fsp3) is 0. The Morgan fingerprint density at radius 3 is 1.82 bits per heavy atom. The van der Waals surface area contributed by atoms with Gasteiger partial charge in [0.05, 0.1) is 0 Å². The van der Waals surface area contributed by atoms with E-state index in [0.717, 1.165) is 5.02 Å². The van der Waals surface area contributed by atoms with Gasteiger partial charge in [-0.2, -0.15) is 30.3 Å². The van der Waals surface area contributed by atoms with E-state index in [9.17, 15) is 0 Å². The van der Waals surface area contributed by atoms with Crippen molar-refractivity contribution in [2.24, 2.45) is 0 Å². The third-order valence-corrected chi connectivity index (χ3v) is 0.930. The molecule has 1 nitrogen and oxygen atoms in total. The van der Waals surface area contributed by atoms with Crippen LogP contribution in [0.2, 0.25) is 5.02 Å². The third kappa shape index (κ3) is 10.1. The Morgan fingerprint density at radius 1 is 1.27 bits per heavy atom. The molecule has 0 unspecified atom stereocenters.